The highest BCUT2D eigenvalue weighted by Crippen LogP contribution is 2.39. The number of rotatable bonds is 6. The molecule has 0 aliphatic heterocycles. The van der Waals surface area contributed by atoms with Crippen molar-refractivity contribution in [2.24, 2.45) is 0 Å². The van der Waals surface area contributed by atoms with Gasteiger partial charge in [0.25, 0.3) is 0 Å². The minimum Gasteiger partial charge on any atom is -0.423 e. The van der Waals surface area contributed by atoms with Crippen LogP contribution in [0.2, 0.25) is 0 Å². The monoisotopic (exact) mass is 575 g/mol. The maximum Gasteiger partial charge on any atom is 0.489 e. The quantitative estimate of drug-likeness (QED) is 0.154. The summed E-state index contributed by atoms with van der Waals surface area (Å²) in [5.41, 5.74) is 9.25. The third-order valence-corrected chi connectivity index (χ3v) is 9.48. The summed E-state index contributed by atoms with van der Waals surface area (Å²) >= 11 is 1.62. The van der Waals surface area contributed by atoms with Gasteiger partial charge in [-0.3, -0.25) is 0 Å². The first kappa shape index (κ1) is 27.2. The normalized spacial score (nSPS) is 13.3. The van der Waals surface area contributed by atoms with Crippen LogP contribution < -0.4 is 5.46 Å². The Kier molecular flexibility index (Phi) is 7.08. The summed E-state index contributed by atoms with van der Waals surface area (Å²) in [4.78, 5) is 1.15. The van der Waals surface area contributed by atoms with Crippen molar-refractivity contribution in [3.05, 3.63) is 144 Å². The standard InChI is InChI=1S/C38H30BNO2S/c1-3-5-12-25(4-2)27-17-19-30-31-20-18-28(26-13-8-6-9-14-26)22-36(31)40(35(30)21-27)29-23-33-32-15-10-7-11-16-37(32)43-38(33)34(24-29)39(41)42/h3-14,16-24,41-42H,1,15H2,2H3/b12-5-,25-4+. The number of hydrogen-bond acceptors (Lipinski definition) is 3. The van der Waals surface area contributed by atoms with Crippen molar-refractivity contribution in [2.45, 2.75) is 13.3 Å². The van der Waals surface area contributed by atoms with Gasteiger partial charge in [-0.25, -0.2) is 0 Å². The molecule has 0 amide bonds. The Morgan fingerprint density at radius 3 is 2.44 bits per heavy atom. The van der Waals surface area contributed by atoms with Crippen LogP contribution in [0.4, 0.5) is 0 Å². The molecule has 0 saturated heterocycles. The van der Waals surface area contributed by atoms with E-state index in [-0.39, 0.29) is 0 Å². The second-order valence-electron chi connectivity index (χ2n) is 10.7. The SMILES string of the molecule is C=C/C=C\C(=C/C)c1ccc2c3ccc(-c4ccccc4)cc3n(-c3cc(B(O)O)c4sc5c(c4c3)CC=CC=C5)c2c1. The van der Waals surface area contributed by atoms with E-state index in [2.05, 4.69) is 114 Å². The van der Waals surface area contributed by atoms with E-state index >= 15 is 0 Å². The molecule has 7 rings (SSSR count). The van der Waals surface area contributed by atoms with Crippen LogP contribution in [-0.2, 0) is 6.42 Å². The van der Waals surface area contributed by atoms with E-state index in [0.29, 0.717) is 5.46 Å². The molecular weight excluding hydrogens is 545 g/mol. The fourth-order valence-electron chi connectivity index (χ4n) is 6.17. The van der Waals surface area contributed by atoms with Gasteiger partial charge in [0.15, 0.2) is 0 Å². The molecule has 2 N–H and O–H groups in total. The van der Waals surface area contributed by atoms with Crippen molar-refractivity contribution in [1.82, 2.24) is 4.57 Å². The van der Waals surface area contributed by atoms with Gasteiger partial charge in [0.05, 0.1) is 11.0 Å². The molecule has 3 nitrogen and oxygen atoms in total. The maximum atomic E-state index is 10.6. The summed E-state index contributed by atoms with van der Waals surface area (Å²) in [5, 5.41) is 24.6. The van der Waals surface area contributed by atoms with Crippen molar-refractivity contribution < 1.29 is 10.0 Å². The molecule has 0 spiro atoms. The van der Waals surface area contributed by atoms with Crippen molar-refractivity contribution in [3.8, 4) is 16.8 Å². The van der Waals surface area contributed by atoms with Crippen LogP contribution in [0.25, 0.3) is 60.4 Å². The van der Waals surface area contributed by atoms with Crippen LogP contribution in [0, 0.1) is 0 Å². The molecule has 43 heavy (non-hydrogen) atoms. The van der Waals surface area contributed by atoms with Crippen molar-refractivity contribution >= 4 is 67.5 Å². The summed E-state index contributed by atoms with van der Waals surface area (Å²) < 4.78 is 3.20. The fraction of sp³-hybridized carbons (Fsp3) is 0.0526. The van der Waals surface area contributed by atoms with Crippen LogP contribution in [0.1, 0.15) is 22.9 Å². The zero-order valence-corrected chi connectivity index (χ0v) is 24.7. The first-order valence-electron chi connectivity index (χ1n) is 14.5. The van der Waals surface area contributed by atoms with Gasteiger partial charge in [0.2, 0.25) is 0 Å². The molecule has 2 heterocycles. The van der Waals surface area contributed by atoms with Crippen LogP contribution in [0.3, 0.4) is 0 Å². The van der Waals surface area contributed by atoms with Crippen molar-refractivity contribution in [1.29, 1.82) is 0 Å². The second-order valence-corrected chi connectivity index (χ2v) is 11.8. The highest BCUT2D eigenvalue weighted by molar-refractivity contribution is 7.21. The number of benzene rings is 4. The van der Waals surface area contributed by atoms with Gasteiger partial charge in [-0.05, 0) is 76.9 Å². The average molecular weight is 576 g/mol. The second kappa shape index (κ2) is 11.2. The van der Waals surface area contributed by atoms with E-state index < -0.39 is 7.12 Å². The van der Waals surface area contributed by atoms with Gasteiger partial charge >= 0.3 is 7.12 Å². The Hall–Kier alpha value is -4.68. The molecule has 6 aromatic rings. The average Bonchev–Trinajstić information content (AvgIpc) is 3.44. The lowest BCUT2D eigenvalue weighted by Crippen LogP contribution is -2.30. The smallest absolute Gasteiger partial charge is 0.423 e. The molecule has 0 radical (unpaired) electrons. The third kappa shape index (κ3) is 4.72. The summed E-state index contributed by atoms with van der Waals surface area (Å²) in [5.74, 6) is 0. The molecule has 4 aromatic carbocycles. The van der Waals surface area contributed by atoms with Gasteiger partial charge < -0.3 is 14.6 Å². The molecule has 5 heteroatoms. The molecule has 0 unspecified atom stereocenters. The molecule has 0 atom stereocenters. The minimum atomic E-state index is -1.59. The topological polar surface area (TPSA) is 45.4 Å². The van der Waals surface area contributed by atoms with E-state index in [1.54, 1.807) is 17.4 Å². The Bertz CT molecular complexity index is 2160. The van der Waals surface area contributed by atoms with Gasteiger partial charge in [0, 0.05) is 31.5 Å². The number of allylic oxidation sites excluding steroid dienone is 8. The van der Waals surface area contributed by atoms with E-state index in [9.17, 15) is 10.0 Å². The van der Waals surface area contributed by atoms with Gasteiger partial charge in [-0.1, -0.05) is 104 Å². The molecule has 208 valence electrons. The van der Waals surface area contributed by atoms with Crippen LogP contribution in [0.15, 0.2) is 128 Å². The van der Waals surface area contributed by atoms with Crippen molar-refractivity contribution in [2.75, 3.05) is 0 Å². The number of thiophene rings is 1. The van der Waals surface area contributed by atoms with Gasteiger partial charge in [-0.2, -0.15) is 0 Å². The van der Waals surface area contributed by atoms with Gasteiger partial charge in [0.1, 0.15) is 0 Å². The number of nitrogens with zero attached hydrogens (tertiary/aromatic N) is 1. The molecule has 1 aliphatic rings. The largest absolute Gasteiger partial charge is 0.489 e. The fourth-order valence-corrected chi connectivity index (χ4v) is 7.43. The lowest BCUT2D eigenvalue weighted by Gasteiger charge is -2.13. The summed E-state index contributed by atoms with van der Waals surface area (Å²) in [6.07, 6.45) is 17.1. The molecular formula is C38H30BNO2S. The predicted molar refractivity (Wildman–Crippen MR) is 186 cm³/mol. The van der Waals surface area contributed by atoms with E-state index in [4.69, 9.17) is 0 Å². The molecule has 0 fully saturated rings. The lowest BCUT2D eigenvalue weighted by atomic mass is 9.79. The molecule has 2 aromatic heterocycles. The molecule has 1 aliphatic carbocycles. The third-order valence-electron chi connectivity index (χ3n) is 8.22. The Morgan fingerprint density at radius 1 is 0.884 bits per heavy atom. The maximum absolute atomic E-state index is 10.6. The number of aromatic nitrogens is 1. The van der Waals surface area contributed by atoms with E-state index in [1.807, 2.05) is 25.1 Å². The van der Waals surface area contributed by atoms with Crippen LogP contribution in [0.5, 0.6) is 0 Å². The zero-order chi connectivity index (χ0) is 29.5. The molecule has 0 bridgehead atoms. The first-order valence-corrected chi connectivity index (χ1v) is 15.3. The Labute approximate surface area is 255 Å². The summed E-state index contributed by atoms with van der Waals surface area (Å²) in [6, 6.07) is 27.8. The highest BCUT2D eigenvalue weighted by Gasteiger charge is 2.23. The first-order chi connectivity index (χ1) is 21.1. The van der Waals surface area contributed by atoms with E-state index in [0.717, 1.165) is 71.1 Å². The van der Waals surface area contributed by atoms with E-state index in [1.165, 1.54) is 5.56 Å². The molecule has 0 saturated carbocycles. The van der Waals surface area contributed by atoms with Gasteiger partial charge in [-0.15, -0.1) is 11.3 Å². The zero-order valence-electron chi connectivity index (χ0n) is 23.9. The minimum absolute atomic E-state index is 0.524. The Morgan fingerprint density at radius 2 is 1.67 bits per heavy atom. The number of fused-ring (bicyclic) bond motifs is 6. The summed E-state index contributed by atoms with van der Waals surface area (Å²) in [6.45, 7) is 5.88. The van der Waals surface area contributed by atoms with Crippen molar-refractivity contribution in [3.63, 3.8) is 0 Å². The van der Waals surface area contributed by atoms with Crippen LogP contribution in [-0.4, -0.2) is 21.7 Å². The van der Waals surface area contributed by atoms with Crippen LogP contribution >= 0.6 is 11.3 Å². The lowest BCUT2D eigenvalue weighted by molar-refractivity contribution is 0.426. The number of hydrogen-bond donors (Lipinski definition) is 2. The highest BCUT2D eigenvalue weighted by atomic mass is 32.1. The summed E-state index contributed by atoms with van der Waals surface area (Å²) in [7, 11) is -1.59. The predicted octanol–water partition coefficient (Wildman–Crippen LogP) is 8.62. The Balaban J connectivity index is 1.58.